The molecule has 2 atom stereocenters. The summed E-state index contributed by atoms with van der Waals surface area (Å²) in [7, 11) is 0. The standard InChI is InChI=1S/C12H16N2O2/c13-8-10-6-7-11(16-10)12(15)14-9-4-2-1-3-5-9/h1-5,10-11H,6-8,13H2,(H,14,15)/t10-,11+/m1/s1. The zero-order valence-corrected chi connectivity index (χ0v) is 9.06. The molecule has 1 aliphatic heterocycles. The molecule has 0 aromatic heterocycles. The summed E-state index contributed by atoms with van der Waals surface area (Å²) >= 11 is 0. The molecule has 1 aromatic carbocycles. The van der Waals surface area contributed by atoms with Crippen LogP contribution >= 0.6 is 0 Å². The molecule has 2 rings (SSSR count). The molecule has 3 N–H and O–H groups in total. The van der Waals surface area contributed by atoms with Crippen LogP contribution in [0.25, 0.3) is 0 Å². The molecule has 1 amide bonds. The Morgan fingerprint density at radius 3 is 2.75 bits per heavy atom. The molecule has 0 aliphatic carbocycles. The van der Waals surface area contributed by atoms with Crippen LogP contribution in [-0.4, -0.2) is 24.7 Å². The van der Waals surface area contributed by atoms with E-state index in [2.05, 4.69) is 5.32 Å². The lowest BCUT2D eigenvalue weighted by molar-refractivity contribution is -0.126. The molecule has 4 heteroatoms. The molecule has 0 bridgehead atoms. The van der Waals surface area contributed by atoms with Gasteiger partial charge in [-0.1, -0.05) is 18.2 Å². The summed E-state index contributed by atoms with van der Waals surface area (Å²) in [5.41, 5.74) is 6.29. The van der Waals surface area contributed by atoms with Crippen molar-refractivity contribution in [1.82, 2.24) is 0 Å². The Kier molecular flexibility index (Phi) is 3.54. The summed E-state index contributed by atoms with van der Waals surface area (Å²) in [6.45, 7) is 0.481. The third-order valence-corrected chi connectivity index (χ3v) is 2.70. The van der Waals surface area contributed by atoms with Gasteiger partial charge in [-0.05, 0) is 25.0 Å². The molecule has 1 heterocycles. The number of anilines is 1. The van der Waals surface area contributed by atoms with Gasteiger partial charge in [0.15, 0.2) is 0 Å². The zero-order chi connectivity index (χ0) is 11.4. The van der Waals surface area contributed by atoms with Crippen molar-refractivity contribution in [2.24, 2.45) is 5.73 Å². The van der Waals surface area contributed by atoms with Gasteiger partial charge in [0.25, 0.3) is 5.91 Å². The van der Waals surface area contributed by atoms with Crippen molar-refractivity contribution in [3.05, 3.63) is 30.3 Å². The minimum atomic E-state index is -0.353. The van der Waals surface area contributed by atoms with Gasteiger partial charge in [-0.3, -0.25) is 4.79 Å². The number of carbonyl (C=O) groups is 1. The van der Waals surface area contributed by atoms with Gasteiger partial charge in [0.2, 0.25) is 0 Å². The third-order valence-electron chi connectivity index (χ3n) is 2.70. The van der Waals surface area contributed by atoms with Crippen LogP contribution in [0.1, 0.15) is 12.8 Å². The summed E-state index contributed by atoms with van der Waals surface area (Å²) in [4.78, 5) is 11.8. The maximum atomic E-state index is 11.8. The van der Waals surface area contributed by atoms with Gasteiger partial charge in [-0.25, -0.2) is 0 Å². The van der Waals surface area contributed by atoms with E-state index >= 15 is 0 Å². The Morgan fingerprint density at radius 1 is 1.38 bits per heavy atom. The largest absolute Gasteiger partial charge is 0.364 e. The third kappa shape index (κ3) is 2.59. The van der Waals surface area contributed by atoms with Crippen LogP contribution in [0.2, 0.25) is 0 Å². The Balaban J connectivity index is 1.90. The van der Waals surface area contributed by atoms with Crippen molar-refractivity contribution < 1.29 is 9.53 Å². The normalized spacial score (nSPS) is 24.3. The van der Waals surface area contributed by atoms with Gasteiger partial charge in [0.1, 0.15) is 6.10 Å². The number of hydrogen-bond donors (Lipinski definition) is 2. The van der Waals surface area contributed by atoms with E-state index in [-0.39, 0.29) is 18.1 Å². The fraction of sp³-hybridized carbons (Fsp3) is 0.417. The van der Waals surface area contributed by atoms with Crippen molar-refractivity contribution in [3.8, 4) is 0 Å². The van der Waals surface area contributed by atoms with Gasteiger partial charge in [-0.2, -0.15) is 0 Å². The molecule has 1 fully saturated rings. The number of nitrogens with one attached hydrogen (secondary N) is 1. The topological polar surface area (TPSA) is 64.4 Å². The molecule has 0 unspecified atom stereocenters. The average Bonchev–Trinajstić information content (AvgIpc) is 2.79. The maximum Gasteiger partial charge on any atom is 0.253 e. The Morgan fingerprint density at radius 2 is 2.12 bits per heavy atom. The molecule has 1 saturated heterocycles. The second kappa shape index (κ2) is 5.09. The summed E-state index contributed by atoms with van der Waals surface area (Å²) in [6.07, 6.45) is 1.30. The van der Waals surface area contributed by atoms with Crippen molar-refractivity contribution in [3.63, 3.8) is 0 Å². The number of ether oxygens (including phenoxy) is 1. The summed E-state index contributed by atoms with van der Waals surface area (Å²) in [5, 5.41) is 2.82. The SMILES string of the molecule is NC[C@H]1CC[C@@H](C(=O)Nc2ccccc2)O1. The van der Waals surface area contributed by atoms with Gasteiger partial charge in [0, 0.05) is 12.2 Å². The number of benzene rings is 1. The lowest BCUT2D eigenvalue weighted by Crippen LogP contribution is -2.29. The first-order chi connectivity index (χ1) is 7.79. The quantitative estimate of drug-likeness (QED) is 0.802. The first-order valence-electron chi connectivity index (χ1n) is 5.51. The molecule has 1 aromatic rings. The minimum absolute atomic E-state index is 0.0338. The van der Waals surface area contributed by atoms with E-state index in [0.29, 0.717) is 6.54 Å². The minimum Gasteiger partial charge on any atom is -0.364 e. The molecule has 1 aliphatic rings. The zero-order valence-electron chi connectivity index (χ0n) is 9.06. The number of rotatable bonds is 3. The van der Waals surface area contributed by atoms with Crippen LogP contribution in [-0.2, 0) is 9.53 Å². The summed E-state index contributed by atoms with van der Waals surface area (Å²) in [5.74, 6) is -0.0813. The second-order valence-electron chi connectivity index (χ2n) is 3.92. The van der Waals surface area contributed by atoms with Gasteiger partial charge in [-0.15, -0.1) is 0 Å². The Labute approximate surface area is 94.8 Å². The van der Waals surface area contributed by atoms with E-state index in [1.807, 2.05) is 30.3 Å². The number of hydrogen-bond acceptors (Lipinski definition) is 3. The molecule has 16 heavy (non-hydrogen) atoms. The number of nitrogens with two attached hydrogens (primary N) is 1. The predicted octanol–water partition coefficient (Wildman–Crippen LogP) is 1.13. The molecule has 0 spiro atoms. The number of carbonyl (C=O) groups excluding carboxylic acids is 1. The van der Waals surface area contributed by atoms with Crippen LogP contribution in [0, 0.1) is 0 Å². The molecule has 0 saturated carbocycles. The highest BCUT2D eigenvalue weighted by molar-refractivity contribution is 5.94. The second-order valence-corrected chi connectivity index (χ2v) is 3.92. The first-order valence-corrected chi connectivity index (χ1v) is 5.51. The fourth-order valence-corrected chi connectivity index (χ4v) is 1.82. The van der Waals surface area contributed by atoms with Crippen molar-refractivity contribution in [2.45, 2.75) is 25.0 Å². The van der Waals surface area contributed by atoms with E-state index < -0.39 is 0 Å². The van der Waals surface area contributed by atoms with Crippen molar-refractivity contribution in [1.29, 1.82) is 0 Å². The van der Waals surface area contributed by atoms with Gasteiger partial charge in [0.05, 0.1) is 6.10 Å². The molecule has 0 radical (unpaired) electrons. The highest BCUT2D eigenvalue weighted by atomic mass is 16.5. The smallest absolute Gasteiger partial charge is 0.253 e. The van der Waals surface area contributed by atoms with Gasteiger partial charge >= 0.3 is 0 Å². The van der Waals surface area contributed by atoms with E-state index in [4.69, 9.17) is 10.5 Å². The van der Waals surface area contributed by atoms with E-state index in [9.17, 15) is 4.79 Å². The number of para-hydroxylation sites is 1. The Bertz CT molecular complexity index is 353. The highest BCUT2D eigenvalue weighted by Gasteiger charge is 2.29. The molecule has 4 nitrogen and oxygen atoms in total. The van der Waals surface area contributed by atoms with Crippen LogP contribution in [0.3, 0.4) is 0 Å². The first kappa shape index (κ1) is 11.1. The van der Waals surface area contributed by atoms with Crippen LogP contribution in [0.5, 0.6) is 0 Å². The van der Waals surface area contributed by atoms with Crippen molar-refractivity contribution in [2.75, 3.05) is 11.9 Å². The van der Waals surface area contributed by atoms with Crippen LogP contribution in [0.15, 0.2) is 30.3 Å². The predicted molar refractivity (Wildman–Crippen MR) is 62.0 cm³/mol. The highest BCUT2D eigenvalue weighted by Crippen LogP contribution is 2.20. The van der Waals surface area contributed by atoms with E-state index in [1.165, 1.54) is 0 Å². The monoisotopic (exact) mass is 220 g/mol. The van der Waals surface area contributed by atoms with E-state index in [1.54, 1.807) is 0 Å². The summed E-state index contributed by atoms with van der Waals surface area (Å²) < 4.78 is 5.51. The lowest BCUT2D eigenvalue weighted by atomic mass is 10.2. The molecule has 86 valence electrons. The maximum absolute atomic E-state index is 11.8. The van der Waals surface area contributed by atoms with Crippen LogP contribution in [0.4, 0.5) is 5.69 Å². The lowest BCUT2D eigenvalue weighted by Gasteiger charge is -2.12. The van der Waals surface area contributed by atoms with E-state index in [0.717, 1.165) is 18.5 Å². The Hall–Kier alpha value is -1.39. The van der Waals surface area contributed by atoms with Gasteiger partial charge < -0.3 is 15.8 Å². The average molecular weight is 220 g/mol. The number of amides is 1. The molecular weight excluding hydrogens is 204 g/mol. The molecular formula is C12H16N2O2. The van der Waals surface area contributed by atoms with Crippen LogP contribution < -0.4 is 11.1 Å². The fourth-order valence-electron chi connectivity index (χ4n) is 1.82. The summed E-state index contributed by atoms with van der Waals surface area (Å²) in [6, 6.07) is 9.38. The van der Waals surface area contributed by atoms with Crippen molar-refractivity contribution >= 4 is 11.6 Å².